The summed E-state index contributed by atoms with van der Waals surface area (Å²) in [6.07, 6.45) is 2.89. The predicted molar refractivity (Wildman–Crippen MR) is 83.9 cm³/mol. The van der Waals surface area contributed by atoms with E-state index in [1.807, 2.05) is 18.3 Å². The highest BCUT2D eigenvalue weighted by atomic mass is 16.5. The van der Waals surface area contributed by atoms with E-state index in [0.717, 1.165) is 18.5 Å². The van der Waals surface area contributed by atoms with Crippen LogP contribution in [0.3, 0.4) is 0 Å². The lowest BCUT2D eigenvalue weighted by molar-refractivity contribution is 0.00696. The smallest absolute Gasteiger partial charge is 0.0702 e. The molecule has 0 bridgehead atoms. The Balaban J connectivity index is 2.31. The topological polar surface area (TPSA) is 34.1 Å². The van der Waals surface area contributed by atoms with E-state index in [-0.39, 0.29) is 11.6 Å². The lowest BCUT2D eigenvalue weighted by atomic mass is 9.93. The SMILES string of the molecule is CCNC(CC(C)(C)OC)c1cnc2ccccc2c1. The molecule has 1 aromatic carbocycles. The second-order valence-corrected chi connectivity index (χ2v) is 5.74. The second kappa shape index (κ2) is 6.33. The van der Waals surface area contributed by atoms with Gasteiger partial charge < -0.3 is 10.1 Å². The fourth-order valence-electron chi connectivity index (χ4n) is 2.41. The largest absolute Gasteiger partial charge is 0.379 e. The van der Waals surface area contributed by atoms with Crippen molar-refractivity contribution >= 4 is 10.9 Å². The molecule has 0 aliphatic carbocycles. The quantitative estimate of drug-likeness (QED) is 0.870. The molecule has 0 aliphatic rings. The molecule has 20 heavy (non-hydrogen) atoms. The number of rotatable bonds is 6. The Bertz CT molecular complexity index is 566. The number of benzene rings is 1. The van der Waals surface area contributed by atoms with Crippen LogP contribution in [0.15, 0.2) is 36.5 Å². The van der Waals surface area contributed by atoms with Crippen molar-refractivity contribution in [3.8, 4) is 0 Å². The maximum atomic E-state index is 5.56. The average molecular weight is 272 g/mol. The van der Waals surface area contributed by atoms with Gasteiger partial charge >= 0.3 is 0 Å². The number of para-hydroxylation sites is 1. The monoisotopic (exact) mass is 272 g/mol. The van der Waals surface area contributed by atoms with Crippen LogP contribution in [0.2, 0.25) is 0 Å². The number of ether oxygens (including phenoxy) is 1. The molecule has 0 radical (unpaired) electrons. The van der Waals surface area contributed by atoms with Gasteiger partial charge in [-0.25, -0.2) is 0 Å². The molecule has 0 saturated heterocycles. The Kier molecular flexibility index (Phi) is 4.73. The van der Waals surface area contributed by atoms with Gasteiger partial charge in [-0.05, 0) is 44.5 Å². The fraction of sp³-hybridized carbons (Fsp3) is 0.471. The van der Waals surface area contributed by atoms with E-state index in [4.69, 9.17) is 4.74 Å². The van der Waals surface area contributed by atoms with Gasteiger partial charge in [0.05, 0.1) is 11.1 Å². The fourth-order valence-corrected chi connectivity index (χ4v) is 2.41. The summed E-state index contributed by atoms with van der Waals surface area (Å²) in [5.41, 5.74) is 2.10. The molecule has 0 aliphatic heterocycles. The lowest BCUT2D eigenvalue weighted by Gasteiger charge is -2.29. The third-order valence-corrected chi connectivity index (χ3v) is 3.71. The molecule has 1 N–H and O–H groups in total. The standard InChI is InChI=1S/C17H24N2O/c1-5-18-16(11-17(2,3)20-4)14-10-13-8-6-7-9-15(13)19-12-14/h6-10,12,16,18H,5,11H2,1-4H3. The highest BCUT2D eigenvalue weighted by Gasteiger charge is 2.23. The van der Waals surface area contributed by atoms with Crippen LogP contribution in [0.25, 0.3) is 10.9 Å². The number of nitrogens with one attached hydrogen (secondary N) is 1. The van der Waals surface area contributed by atoms with E-state index in [0.29, 0.717) is 0 Å². The molecule has 3 nitrogen and oxygen atoms in total. The van der Waals surface area contributed by atoms with E-state index in [1.165, 1.54) is 10.9 Å². The molecular formula is C17H24N2O. The zero-order chi connectivity index (χ0) is 14.6. The normalized spacial score (nSPS) is 13.6. The van der Waals surface area contributed by atoms with Gasteiger partial charge in [-0.3, -0.25) is 4.98 Å². The summed E-state index contributed by atoms with van der Waals surface area (Å²) in [6.45, 7) is 7.29. The van der Waals surface area contributed by atoms with Crippen LogP contribution in [0.1, 0.15) is 38.8 Å². The molecule has 1 heterocycles. The van der Waals surface area contributed by atoms with Gasteiger partial charge in [0.25, 0.3) is 0 Å². The average Bonchev–Trinajstić information content (AvgIpc) is 2.46. The summed E-state index contributed by atoms with van der Waals surface area (Å²) in [7, 11) is 1.77. The highest BCUT2D eigenvalue weighted by Crippen LogP contribution is 2.27. The molecule has 1 atom stereocenters. The molecule has 1 unspecified atom stereocenters. The molecule has 108 valence electrons. The Morgan fingerprint density at radius 3 is 2.75 bits per heavy atom. The summed E-state index contributed by atoms with van der Waals surface area (Å²) in [6, 6.07) is 10.7. The third kappa shape index (κ3) is 3.56. The van der Waals surface area contributed by atoms with E-state index < -0.39 is 0 Å². The van der Waals surface area contributed by atoms with Gasteiger partial charge in [0.1, 0.15) is 0 Å². The van der Waals surface area contributed by atoms with E-state index in [2.05, 4.69) is 49.3 Å². The van der Waals surface area contributed by atoms with E-state index >= 15 is 0 Å². The van der Waals surface area contributed by atoms with Crippen LogP contribution < -0.4 is 5.32 Å². The summed E-state index contributed by atoms with van der Waals surface area (Å²) in [4.78, 5) is 4.56. The number of pyridine rings is 1. The van der Waals surface area contributed by atoms with Crippen molar-refractivity contribution in [2.24, 2.45) is 0 Å². The Labute approximate surface area is 121 Å². The number of hydrogen-bond acceptors (Lipinski definition) is 3. The molecule has 2 aromatic rings. The van der Waals surface area contributed by atoms with Crippen molar-refractivity contribution in [1.29, 1.82) is 0 Å². The first-order valence-corrected chi connectivity index (χ1v) is 7.19. The van der Waals surface area contributed by atoms with Crippen molar-refractivity contribution in [3.63, 3.8) is 0 Å². The van der Waals surface area contributed by atoms with Crippen LogP contribution in [0, 0.1) is 0 Å². The first-order chi connectivity index (χ1) is 9.55. The third-order valence-electron chi connectivity index (χ3n) is 3.71. The number of methoxy groups -OCH3 is 1. The molecule has 0 amide bonds. The van der Waals surface area contributed by atoms with Crippen molar-refractivity contribution in [3.05, 3.63) is 42.1 Å². The number of fused-ring (bicyclic) bond motifs is 1. The Morgan fingerprint density at radius 2 is 2.05 bits per heavy atom. The van der Waals surface area contributed by atoms with Crippen LogP contribution in [-0.4, -0.2) is 24.2 Å². The maximum Gasteiger partial charge on any atom is 0.0702 e. The minimum absolute atomic E-state index is 0.154. The summed E-state index contributed by atoms with van der Waals surface area (Å²) in [5, 5.41) is 4.72. The Hall–Kier alpha value is -1.45. The lowest BCUT2D eigenvalue weighted by Crippen LogP contribution is -2.32. The van der Waals surface area contributed by atoms with Crippen molar-refractivity contribution in [1.82, 2.24) is 10.3 Å². The molecular weight excluding hydrogens is 248 g/mol. The van der Waals surface area contributed by atoms with Crippen molar-refractivity contribution < 1.29 is 4.74 Å². The predicted octanol–water partition coefficient (Wildman–Crippen LogP) is 3.70. The van der Waals surface area contributed by atoms with Crippen LogP contribution >= 0.6 is 0 Å². The molecule has 1 aromatic heterocycles. The van der Waals surface area contributed by atoms with Crippen LogP contribution in [0.5, 0.6) is 0 Å². The number of aromatic nitrogens is 1. The summed E-state index contributed by atoms with van der Waals surface area (Å²) < 4.78 is 5.56. The minimum atomic E-state index is -0.154. The van der Waals surface area contributed by atoms with E-state index in [1.54, 1.807) is 7.11 Å². The molecule has 0 fully saturated rings. The highest BCUT2D eigenvalue weighted by molar-refractivity contribution is 5.78. The molecule has 0 saturated carbocycles. The van der Waals surface area contributed by atoms with Crippen LogP contribution in [-0.2, 0) is 4.74 Å². The minimum Gasteiger partial charge on any atom is -0.379 e. The first kappa shape index (κ1) is 14.9. The van der Waals surface area contributed by atoms with Gasteiger partial charge in [0.15, 0.2) is 0 Å². The van der Waals surface area contributed by atoms with Crippen molar-refractivity contribution in [2.45, 2.75) is 38.8 Å². The first-order valence-electron chi connectivity index (χ1n) is 7.19. The van der Waals surface area contributed by atoms with Crippen molar-refractivity contribution in [2.75, 3.05) is 13.7 Å². The van der Waals surface area contributed by atoms with Gasteiger partial charge in [-0.15, -0.1) is 0 Å². The maximum absolute atomic E-state index is 5.56. The number of nitrogens with zero attached hydrogens (tertiary/aromatic N) is 1. The molecule has 0 spiro atoms. The molecule has 3 heteroatoms. The van der Waals surface area contributed by atoms with Gasteiger partial charge in [-0.2, -0.15) is 0 Å². The van der Waals surface area contributed by atoms with E-state index in [9.17, 15) is 0 Å². The summed E-state index contributed by atoms with van der Waals surface area (Å²) >= 11 is 0. The Morgan fingerprint density at radius 1 is 1.30 bits per heavy atom. The zero-order valence-corrected chi connectivity index (χ0v) is 12.8. The zero-order valence-electron chi connectivity index (χ0n) is 12.8. The van der Waals surface area contributed by atoms with Gasteiger partial charge in [0.2, 0.25) is 0 Å². The second-order valence-electron chi connectivity index (χ2n) is 5.74. The van der Waals surface area contributed by atoms with Crippen LogP contribution in [0.4, 0.5) is 0 Å². The van der Waals surface area contributed by atoms with Gasteiger partial charge in [-0.1, -0.05) is 25.1 Å². The van der Waals surface area contributed by atoms with Gasteiger partial charge in [0, 0.05) is 24.7 Å². The molecule has 2 rings (SSSR count). The summed E-state index contributed by atoms with van der Waals surface area (Å²) in [5.74, 6) is 0. The number of hydrogen-bond donors (Lipinski definition) is 1.